The standard InChI is InChI=1S/C25H36N2O3/c1-18(11-12-21-20(3)10-7-16-25(21,4)5)8-6-9-19(2)15-17-27-22(24(29)30)13-14-23(26)28/h6,8-9,11-12,15,17,22H,7,10,13-14,16H2,1-5H3,(H2,26,28)(H,29,30)/b9-6+,12-11+,18-8+,19-15+,27-17?. The van der Waals surface area contributed by atoms with Crippen molar-refractivity contribution in [1.29, 1.82) is 0 Å². The smallest absolute Gasteiger partial charge is 0.328 e. The molecule has 0 fully saturated rings. The number of nitrogens with zero attached hydrogens (tertiary/aromatic N) is 1. The summed E-state index contributed by atoms with van der Waals surface area (Å²) in [6.45, 7) is 10.8. The topological polar surface area (TPSA) is 92.8 Å². The fourth-order valence-electron chi connectivity index (χ4n) is 3.49. The monoisotopic (exact) mass is 412 g/mol. The molecule has 1 rings (SSSR count). The van der Waals surface area contributed by atoms with Crippen molar-refractivity contribution in [3.63, 3.8) is 0 Å². The van der Waals surface area contributed by atoms with Gasteiger partial charge in [-0.2, -0.15) is 0 Å². The predicted octanol–water partition coefficient (Wildman–Crippen LogP) is 5.31. The van der Waals surface area contributed by atoms with Gasteiger partial charge in [-0.05, 0) is 69.1 Å². The van der Waals surface area contributed by atoms with Crippen LogP contribution in [0.5, 0.6) is 0 Å². The van der Waals surface area contributed by atoms with E-state index in [1.165, 1.54) is 36.6 Å². The number of carbonyl (C=O) groups excluding carboxylic acids is 1. The molecule has 0 heterocycles. The van der Waals surface area contributed by atoms with Crippen LogP contribution in [0.4, 0.5) is 0 Å². The summed E-state index contributed by atoms with van der Waals surface area (Å²) in [5.74, 6) is -1.59. The number of carboxylic acid groups (broad SMARTS) is 1. The van der Waals surface area contributed by atoms with Crippen molar-refractivity contribution in [3.8, 4) is 0 Å². The Hall–Kier alpha value is -2.69. The van der Waals surface area contributed by atoms with Gasteiger partial charge in [0.1, 0.15) is 6.04 Å². The molecule has 5 heteroatoms. The lowest BCUT2D eigenvalue weighted by molar-refractivity contribution is -0.138. The molecule has 0 aromatic carbocycles. The Balaban J connectivity index is 2.71. The zero-order valence-electron chi connectivity index (χ0n) is 18.9. The van der Waals surface area contributed by atoms with Gasteiger partial charge in [0, 0.05) is 12.6 Å². The van der Waals surface area contributed by atoms with Crippen molar-refractivity contribution in [2.45, 2.75) is 72.8 Å². The van der Waals surface area contributed by atoms with Gasteiger partial charge in [-0.3, -0.25) is 9.79 Å². The molecular formula is C25H36N2O3. The van der Waals surface area contributed by atoms with Gasteiger partial charge < -0.3 is 10.8 Å². The van der Waals surface area contributed by atoms with Crippen LogP contribution in [0.25, 0.3) is 0 Å². The molecule has 164 valence electrons. The molecule has 1 aliphatic rings. The number of amides is 1. The summed E-state index contributed by atoms with van der Waals surface area (Å²) in [6, 6.07) is -0.959. The highest BCUT2D eigenvalue weighted by atomic mass is 16.4. The molecule has 1 aliphatic carbocycles. The number of aliphatic imine (C=N–C) groups is 1. The number of carbonyl (C=O) groups is 2. The lowest BCUT2D eigenvalue weighted by Gasteiger charge is -2.32. The van der Waals surface area contributed by atoms with Gasteiger partial charge in [0.15, 0.2) is 0 Å². The van der Waals surface area contributed by atoms with Gasteiger partial charge in [0.25, 0.3) is 0 Å². The Morgan fingerprint density at radius 1 is 1.20 bits per heavy atom. The number of aliphatic carboxylic acids is 1. The van der Waals surface area contributed by atoms with Crippen molar-refractivity contribution in [3.05, 3.63) is 58.7 Å². The summed E-state index contributed by atoms with van der Waals surface area (Å²) in [5, 5.41) is 9.13. The van der Waals surface area contributed by atoms with Crippen LogP contribution in [0.1, 0.15) is 66.7 Å². The Bertz CT molecular complexity index is 808. The molecule has 30 heavy (non-hydrogen) atoms. The van der Waals surface area contributed by atoms with E-state index in [-0.39, 0.29) is 18.3 Å². The maximum absolute atomic E-state index is 11.2. The lowest BCUT2D eigenvalue weighted by Crippen LogP contribution is -2.21. The van der Waals surface area contributed by atoms with Crippen LogP contribution in [0.15, 0.2) is 63.7 Å². The minimum Gasteiger partial charge on any atom is -0.480 e. The van der Waals surface area contributed by atoms with Gasteiger partial charge in [0.05, 0.1) is 0 Å². The summed E-state index contributed by atoms with van der Waals surface area (Å²) in [5.41, 5.74) is 10.3. The second kappa shape index (κ2) is 12.1. The molecule has 3 N–H and O–H groups in total. The van der Waals surface area contributed by atoms with E-state index in [2.05, 4.69) is 44.8 Å². The summed E-state index contributed by atoms with van der Waals surface area (Å²) in [6.07, 6.45) is 17.4. The van der Waals surface area contributed by atoms with Crippen LogP contribution in [-0.2, 0) is 9.59 Å². The van der Waals surface area contributed by atoms with E-state index in [9.17, 15) is 9.59 Å². The molecule has 5 nitrogen and oxygen atoms in total. The highest BCUT2D eigenvalue weighted by Gasteiger charge is 2.26. The molecule has 1 atom stereocenters. The molecule has 0 aromatic rings. The van der Waals surface area contributed by atoms with E-state index in [0.29, 0.717) is 0 Å². The maximum Gasteiger partial charge on any atom is 0.328 e. The average Bonchev–Trinajstić information content (AvgIpc) is 2.63. The van der Waals surface area contributed by atoms with E-state index in [4.69, 9.17) is 10.8 Å². The van der Waals surface area contributed by atoms with Crippen LogP contribution in [0.2, 0.25) is 0 Å². The Morgan fingerprint density at radius 2 is 1.87 bits per heavy atom. The van der Waals surface area contributed by atoms with E-state index in [1.807, 2.05) is 25.2 Å². The van der Waals surface area contributed by atoms with Gasteiger partial charge in [-0.15, -0.1) is 0 Å². The third kappa shape index (κ3) is 9.21. The fourth-order valence-corrected chi connectivity index (χ4v) is 3.49. The molecule has 0 saturated heterocycles. The van der Waals surface area contributed by atoms with Crippen molar-refractivity contribution in [2.24, 2.45) is 16.1 Å². The number of nitrogens with two attached hydrogens (primary N) is 1. The third-order valence-corrected chi connectivity index (χ3v) is 5.33. The fraction of sp³-hybridized carbons (Fsp3) is 0.480. The van der Waals surface area contributed by atoms with E-state index in [0.717, 1.165) is 11.1 Å². The van der Waals surface area contributed by atoms with Crippen LogP contribution < -0.4 is 5.73 Å². The third-order valence-electron chi connectivity index (χ3n) is 5.33. The molecule has 0 spiro atoms. The Labute approximate surface area is 180 Å². The summed E-state index contributed by atoms with van der Waals surface area (Å²) in [7, 11) is 0. The minimum atomic E-state index is -1.06. The second-order valence-corrected chi connectivity index (χ2v) is 8.60. The molecule has 0 bridgehead atoms. The zero-order valence-corrected chi connectivity index (χ0v) is 18.9. The quantitative estimate of drug-likeness (QED) is 0.376. The number of carboxylic acids is 1. The van der Waals surface area contributed by atoms with Crippen molar-refractivity contribution in [1.82, 2.24) is 0 Å². The van der Waals surface area contributed by atoms with E-state index < -0.39 is 17.9 Å². The molecule has 1 unspecified atom stereocenters. The highest BCUT2D eigenvalue weighted by molar-refractivity contribution is 5.81. The number of hydrogen-bond donors (Lipinski definition) is 2. The molecule has 0 aliphatic heterocycles. The number of allylic oxidation sites excluding steroid dienone is 10. The van der Waals surface area contributed by atoms with Gasteiger partial charge >= 0.3 is 5.97 Å². The SMILES string of the molecule is CC1=C(/C=C/C(C)=C/C=C/C(C)=C/C=NC(CCC(N)=O)C(=O)O)C(C)(C)CCC1. The zero-order chi connectivity index (χ0) is 22.7. The molecule has 0 aromatic heterocycles. The average molecular weight is 413 g/mol. The Kier molecular flexibility index (Phi) is 10.2. The molecule has 0 saturated carbocycles. The summed E-state index contributed by atoms with van der Waals surface area (Å²) >= 11 is 0. The van der Waals surface area contributed by atoms with Crippen LogP contribution in [-0.4, -0.2) is 29.2 Å². The minimum absolute atomic E-state index is 0.00209. The predicted molar refractivity (Wildman–Crippen MR) is 124 cm³/mol. The largest absolute Gasteiger partial charge is 0.480 e. The van der Waals surface area contributed by atoms with Crippen LogP contribution in [0.3, 0.4) is 0 Å². The number of hydrogen-bond acceptors (Lipinski definition) is 3. The molecule has 1 amide bonds. The first-order valence-electron chi connectivity index (χ1n) is 10.5. The number of rotatable bonds is 10. The van der Waals surface area contributed by atoms with Crippen LogP contribution >= 0.6 is 0 Å². The van der Waals surface area contributed by atoms with Gasteiger partial charge in [0.2, 0.25) is 5.91 Å². The van der Waals surface area contributed by atoms with E-state index >= 15 is 0 Å². The maximum atomic E-state index is 11.2. The summed E-state index contributed by atoms with van der Waals surface area (Å²) in [4.78, 5) is 26.0. The first-order valence-corrected chi connectivity index (χ1v) is 10.5. The van der Waals surface area contributed by atoms with Crippen LogP contribution in [0, 0.1) is 5.41 Å². The first kappa shape index (κ1) is 25.3. The highest BCUT2D eigenvalue weighted by Crippen LogP contribution is 2.40. The first-order chi connectivity index (χ1) is 14.0. The normalized spacial score (nSPS) is 19.2. The van der Waals surface area contributed by atoms with E-state index in [1.54, 1.807) is 6.08 Å². The Morgan fingerprint density at radius 3 is 2.47 bits per heavy atom. The second-order valence-electron chi connectivity index (χ2n) is 8.60. The van der Waals surface area contributed by atoms with Crippen molar-refractivity contribution < 1.29 is 14.7 Å². The summed E-state index contributed by atoms with van der Waals surface area (Å²) < 4.78 is 0. The molecule has 0 radical (unpaired) electrons. The number of primary amides is 1. The van der Waals surface area contributed by atoms with Crippen molar-refractivity contribution in [2.75, 3.05) is 0 Å². The molecular weight excluding hydrogens is 376 g/mol. The van der Waals surface area contributed by atoms with Crippen molar-refractivity contribution >= 4 is 18.1 Å². The van der Waals surface area contributed by atoms with Gasteiger partial charge in [-0.1, -0.05) is 55.4 Å². The lowest BCUT2D eigenvalue weighted by atomic mass is 9.72. The van der Waals surface area contributed by atoms with Gasteiger partial charge in [-0.25, -0.2) is 4.79 Å².